The number of allylic oxidation sites excluding steroid dienone is 2. The lowest BCUT2D eigenvalue weighted by Crippen LogP contribution is -2.46. The first-order valence-corrected chi connectivity index (χ1v) is 17.4. The number of hydrogen-bond donors (Lipinski definition) is 0. The molecule has 0 saturated carbocycles. The van der Waals surface area contributed by atoms with Crippen LogP contribution < -0.4 is 0 Å². The maximum absolute atomic E-state index is 2.46. The summed E-state index contributed by atoms with van der Waals surface area (Å²) in [5, 5.41) is 0. The minimum absolute atomic E-state index is 1.06. The number of rotatable bonds is 24. The van der Waals surface area contributed by atoms with E-state index in [2.05, 4.69) is 110 Å². The van der Waals surface area contributed by atoms with E-state index in [9.17, 15) is 0 Å². The predicted molar refractivity (Wildman–Crippen MR) is 184 cm³/mol. The summed E-state index contributed by atoms with van der Waals surface area (Å²) in [6.07, 6.45) is 27.1. The molecule has 0 aromatic heterocycles. The molecule has 0 atom stereocenters. The van der Waals surface area contributed by atoms with Crippen molar-refractivity contribution in [3.05, 3.63) is 120 Å². The smallest absolute Gasteiger partial charge is 0.105 e. The molecule has 0 aliphatic rings. The van der Waals surface area contributed by atoms with Gasteiger partial charge in [0, 0.05) is 23.1 Å². The van der Waals surface area contributed by atoms with Crippen molar-refractivity contribution >= 4 is 0 Å². The maximum Gasteiger partial charge on any atom is 0.105 e. The van der Waals surface area contributed by atoms with E-state index in [1.54, 1.807) is 0 Å². The Hall–Kier alpha value is -2.64. The second-order valence-electron chi connectivity index (χ2n) is 12.6. The molecule has 0 N–H and O–H groups in total. The van der Waals surface area contributed by atoms with Gasteiger partial charge in [0.15, 0.2) is 0 Å². The van der Waals surface area contributed by atoms with E-state index >= 15 is 0 Å². The van der Waals surface area contributed by atoms with Gasteiger partial charge in [0.2, 0.25) is 0 Å². The second-order valence-corrected chi connectivity index (χ2v) is 12.6. The first-order chi connectivity index (χ1) is 20.8. The van der Waals surface area contributed by atoms with Gasteiger partial charge >= 0.3 is 0 Å². The predicted octanol–water partition coefficient (Wildman–Crippen LogP) is 12.2. The summed E-state index contributed by atoms with van der Waals surface area (Å²) in [6, 6.07) is 33.4. The average Bonchev–Trinajstić information content (AvgIpc) is 3.02. The monoisotopic (exact) mass is 566 g/mol. The fraction of sp³-hybridized carbons (Fsp3) is 0.512. The van der Waals surface area contributed by atoms with Crippen LogP contribution in [0.4, 0.5) is 0 Å². The molecule has 0 saturated heterocycles. The van der Waals surface area contributed by atoms with Crippen LogP contribution in [0.3, 0.4) is 0 Å². The van der Waals surface area contributed by atoms with Gasteiger partial charge in [-0.1, -0.05) is 187 Å². The van der Waals surface area contributed by atoms with Crippen LogP contribution in [0.15, 0.2) is 103 Å². The van der Waals surface area contributed by atoms with Crippen molar-refractivity contribution in [2.24, 2.45) is 0 Å². The standard InChI is InChI=1S/C41H60N/c1-2-3-4-5-6-7-8-9-10-11-12-13-14-15-16-17-18-28-35-42(36-39-29-22-19-23-30-39,37-40-31-24-20-25-32-40)38-41-33-26-21-27-34-41/h16-17,19-27,29-34H,2-15,18,28,35-38H2,1H3/q+1/b17-16+. The minimum atomic E-state index is 1.06. The molecular weight excluding hydrogens is 506 g/mol. The van der Waals surface area contributed by atoms with Crippen molar-refractivity contribution in [3.8, 4) is 0 Å². The van der Waals surface area contributed by atoms with Gasteiger partial charge < -0.3 is 4.48 Å². The highest BCUT2D eigenvalue weighted by atomic mass is 15.3. The lowest BCUT2D eigenvalue weighted by molar-refractivity contribution is -0.966. The van der Waals surface area contributed by atoms with Crippen LogP contribution in [0.25, 0.3) is 0 Å². The zero-order valence-electron chi connectivity index (χ0n) is 26.9. The van der Waals surface area contributed by atoms with Gasteiger partial charge in [-0.3, -0.25) is 0 Å². The molecule has 0 aliphatic carbocycles. The normalized spacial score (nSPS) is 11.8. The molecule has 3 aromatic rings. The van der Waals surface area contributed by atoms with E-state index in [-0.39, 0.29) is 0 Å². The van der Waals surface area contributed by atoms with Crippen LogP contribution in [-0.2, 0) is 19.6 Å². The summed E-state index contributed by atoms with van der Waals surface area (Å²) < 4.78 is 1.06. The van der Waals surface area contributed by atoms with Gasteiger partial charge in [0.1, 0.15) is 19.6 Å². The molecule has 0 spiro atoms. The van der Waals surface area contributed by atoms with Gasteiger partial charge in [-0.05, 0) is 19.3 Å². The van der Waals surface area contributed by atoms with E-state index in [4.69, 9.17) is 0 Å². The van der Waals surface area contributed by atoms with E-state index in [0.29, 0.717) is 0 Å². The third-order valence-corrected chi connectivity index (χ3v) is 8.73. The Morgan fingerprint density at radius 1 is 0.405 bits per heavy atom. The van der Waals surface area contributed by atoms with Crippen molar-refractivity contribution < 1.29 is 4.48 Å². The molecule has 3 rings (SSSR count). The highest BCUT2D eigenvalue weighted by molar-refractivity contribution is 5.17. The third-order valence-electron chi connectivity index (χ3n) is 8.73. The van der Waals surface area contributed by atoms with E-state index in [1.807, 2.05) is 0 Å². The highest BCUT2D eigenvalue weighted by Gasteiger charge is 2.28. The Labute approximate surface area is 259 Å². The number of unbranched alkanes of at least 4 members (excludes halogenated alkanes) is 14. The molecule has 0 aliphatic heterocycles. The molecule has 0 amide bonds. The van der Waals surface area contributed by atoms with E-state index < -0.39 is 0 Å². The Morgan fingerprint density at radius 2 is 0.738 bits per heavy atom. The van der Waals surface area contributed by atoms with Crippen LogP contribution in [-0.4, -0.2) is 11.0 Å². The zero-order valence-corrected chi connectivity index (χ0v) is 26.9. The molecule has 1 heteroatoms. The zero-order chi connectivity index (χ0) is 29.4. The molecular formula is C41H60N+. The lowest BCUT2D eigenvalue weighted by Gasteiger charge is -2.39. The van der Waals surface area contributed by atoms with Gasteiger partial charge in [0.05, 0.1) is 6.54 Å². The van der Waals surface area contributed by atoms with Crippen molar-refractivity contribution in [3.63, 3.8) is 0 Å². The third kappa shape index (κ3) is 15.0. The number of benzene rings is 3. The summed E-state index contributed by atoms with van der Waals surface area (Å²) in [7, 11) is 0. The second kappa shape index (κ2) is 22.0. The largest absolute Gasteiger partial charge is 0.312 e. The molecule has 0 fully saturated rings. The molecule has 0 radical (unpaired) electrons. The summed E-state index contributed by atoms with van der Waals surface area (Å²) in [5.74, 6) is 0. The number of quaternary nitrogens is 1. The minimum Gasteiger partial charge on any atom is -0.312 e. The van der Waals surface area contributed by atoms with Crippen LogP contribution in [0.1, 0.15) is 126 Å². The van der Waals surface area contributed by atoms with Crippen molar-refractivity contribution in [2.45, 2.75) is 129 Å². The van der Waals surface area contributed by atoms with Crippen molar-refractivity contribution in [2.75, 3.05) is 6.54 Å². The summed E-state index contributed by atoms with van der Waals surface area (Å²) in [5.41, 5.74) is 4.30. The van der Waals surface area contributed by atoms with E-state index in [0.717, 1.165) is 24.1 Å². The van der Waals surface area contributed by atoms with E-state index in [1.165, 1.54) is 126 Å². The molecule has 42 heavy (non-hydrogen) atoms. The van der Waals surface area contributed by atoms with Crippen LogP contribution >= 0.6 is 0 Å². The molecule has 1 nitrogen and oxygen atoms in total. The topological polar surface area (TPSA) is 0 Å². The molecule has 0 bridgehead atoms. The fourth-order valence-corrected chi connectivity index (χ4v) is 6.38. The van der Waals surface area contributed by atoms with Crippen LogP contribution in [0.2, 0.25) is 0 Å². The quantitative estimate of drug-likeness (QED) is 0.0574. The van der Waals surface area contributed by atoms with Gasteiger partial charge in [-0.15, -0.1) is 0 Å². The summed E-state index contributed by atoms with van der Waals surface area (Å²) in [6.45, 7) is 6.67. The Bertz CT molecular complexity index is 939. The SMILES string of the molecule is CCCCCCCCCCCCCCC/C=C/CCC[N+](Cc1ccccc1)(Cc1ccccc1)Cc1ccccc1. The molecule has 228 valence electrons. The maximum atomic E-state index is 2.46. The van der Waals surface area contributed by atoms with Crippen LogP contribution in [0.5, 0.6) is 0 Å². The Balaban J connectivity index is 1.40. The first-order valence-electron chi connectivity index (χ1n) is 17.4. The lowest BCUT2D eigenvalue weighted by atomic mass is 10.0. The Kier molecular flexibility index (Phi) is 17.7. The first kappa shape index (κ1) is 33.9. The Morgan fingerprint density at radius 3 is 1.12 bits per heavy atom. The highest BCUT2D eigenvalue weighted by Crippen LogP contribution is 2.25. The summed E-state index contributed by atoms with van der Waals surface area (Å²) in [4.78, 5) is 0. The van der Waals surface area contributed by atoms with Gasteiger partial charge in [-0.2, -0.15) is 0 Å². The number of nitrogens with zero attached hydrogens (tertiary/aromatic N) is 1. The molecule has 0 heterocycles. The van der Waals surface area contributed by atoms with Gasteiger partial charge in [-0.25, -0.2) is 0 Å². The molecule has 3 aromatic carbocycles. The van der Waals surface area contributed by atoms with Gasteiger partial charge in [0.25, 0.3) is 0 Å². The summed E-state index contributed by atoms with van der Waals surface area (Å²) >= 11 is 0. The average molecular weight is 567 g/mol. The van der Waals surface area contributed by atoms with Crippen molar-refractivity contribution in [1.82, 2.24) is 0 Å². The van der Waals surface area contributed by atoms with Crippen LogP contribution in [0, 0.1) is 0 Å². The van der Waals surface area contributed by atoms with Crippen molar-refractivity contribution in [1.29, 1.82) is 0 Å². The number of hydrogen-bond acceptors (Lipinski definition) is 0. The molecule has 0 unspecified atom stereocenters. The fourth-order valence-electron chi connectivity index (χ4n) is 6.38.